The van der Waals surface area contributed by atoms with Gasteiger partial charge in [-0.05, 0) is 44.5 Å². The van der Waals surface area contributed by atoms with Gasteiger partial charge in [-0.3, -0.25) is 9.88 Å². The highest BCUT2D eigenvalue weighted by atomic mass is 15.1. The fraction of sp³-hybridized carbons (Fsp3) is 0.615. The summed E-state index contributed by atoms with van der Waals surface area (Å²) in [5, 5.41) is 0. The molecule has 0 aliphatic carbocycles. The molecule has 3 nitrogen and oxygen atoms in total. The van der Waals surface area contributed by atoms with Crippen LogP contribution >= 0.6 is 0 Å². The molecular weight excluding hydrogens is 198 g/mol. The summed E-state index contributed by atoms with van der Waals surface area (Å²) in [4.78, 5) is 6.43. The van der Waals surface area contributed by atoms with Gasteiger partial charge in [0, 0.05) is 31.0 Å². The van der Waals surface area contributed by atoms with Crippen LogP contribution in [0.25, 0.3) is 0 Å². The van der Waals surface area contributed by atoms with Crippen LogP contribution in [0, 0.1) is 0 Å². The Balaban J connectivity index is 2.44. The lowest BCUT2D eigenvalue weighted by Gasteiger charge is -2.25. The number of aromatic nitrogens is 1. The molecule has 3 heteroatoms. The van der Waals surface area contributed by atoms with E-state index in [1.54, 1.807) is 0 Å². The Morgan fingerprint density at radius 1 is 1.31 bits per heavy atom. The minimum atomic E-state index is -0.0777. The fourth-order valence-electron chi connectivity index (χ4n) is 1.54. The van der Waals surface area contributed by atoms with Crippen LogP contribution in [0.4, 0.5) is 0 Å². The minimum absolute atomic E-state index is 0.0777. The molecule has 0 saturated carbocycles. The minimum Gasteiger partial charge on any atom is -0.326 e. The van der Waals surface area contributed by atoms with Crippen molar-refractivity contribution < 1.29 is 0 Å². The molecule has 0 amide bonds. The van der Waals surface area contributed by atoms with E-state index in [9.17, 15) is 0 Å². The predicted octanol–water partition coefficient (Wildman–Crippen LogP) is 2.03. The molecule has 16 heavy (non-hydrogen) atoms. The van der Waals surface area contributed by atoms with E-state index in [4.69, 9.17) is 5.73 Å². The van der Waals surface area contributed by atoms with Crippen molar-refractivity contribution in [2.24, 2.45) is 5.73 Å². The van der Waals surface area contributed by atoms with Crippen molar-refractivity contribution in [1.29, 1.82) is 0 Å². The Morgan fingerprint density at radius 3 is 2.44 bits per heavy atom. The van der Waals surface area contributed by atoms with Gasteiger partial charge in [-0.15, -0.1) is 0 Å². The second-order valence-electron chi connectivity index (χ2n) is 4.96. The van der Waals surface area contributed by atoms with Crippen molar-refractivity contribution >= 4 is 0 Å². The lowest BCUT2D eigenvalue weighted by Crippen LogP contribution is -2.37. The zero-order chi connectivity index (χ0) is 12.0. The summed E-state index contributed by atoms with van der Waals surface area (Å²) < 4.78 is 0. The molecule has 1 aromatic rings. The second-order valence-corrected chi connectivity index (χ2v) is 4.96. The van der Waals surface area contributed by atoms with Crippen LogP contribution in [0.1, 0.15) is 32.8 Å². The van der Waals surface area contributed by atoms with E-state index < -0.39 is 0 Å². The molecule has 2 N–H and O–H groups in total. The van der Waals surface area contributed by atoms with Crippen molar-refractivity contribution in [3.63, 3.8) is 0 Å². The Bertz CT molecular complexity index is 290. The van der Waals surface area contributed by atoms with Gasteiger partial charge in [0.2, 0.25) is 0 Å². The van der Waals surface area contributed by atoms with Crippen molar-refractivity contribution in [2.75, 3.05) is 13.1 Å². The van der Waals surface area contributed by atoms with Crippen LogP contribution in [-0.2, 0) is 6.54 Å². The maximum absolute atomic E-state index is 6.00. The summed E-state index contributed by atoms with van der Waals surface area (Å²) in [7, 11) is 0. The third-order valence-electron chi connectivity index (χ3n) is 2.68. The standard InChI is InChI=1S/C13H23N3/c1-4-16(10-7-13(2,3)14)11-12-5-8-15-9-6-12/h5-6,8-9H,4,7,10-11,14H2,1-3H3. The second kappa shape index (κ2) is 5.97. The molecule has 0 fully saturated rings. The van der Waals surface area contributed by atoms with Gasteiger partial charge >= 0.3 is 0 Å². The third-order valence-corrected chi connectivity index (χ3v) is 2.68. The Morgan fingerprint density at radius 2 is 1.94 bits per heavy atom. The van der Waals surface area contributed by atoms with Gasteiger partial charge in [-0.2, -0.15) is 0 Å². The lowest BCUT2D eigenvalue weighted by molar-refractivity contribution is 0.252. The SMILES string of the molecule is CCN(CCC(C)(C)N)Cc1ccncc1. The van der Waals surface area contributed by atoms with Gasteiger partial charge in [0.1, 0.15) is 0 Å². The molecule has 0 aliphatic rings. The van der Waals surface area contributed by atoms with Crippen molar-refractivity contribution in [3.05, 3.63) is 30.1 Å². The molecule has 90 valence electrons. The van der Waals surface area contributed by atoms with Crippen LogP contribution in [0.2, 0.25) is 0 Å². The zero-order valence-electron chi connectivity index (χ0n) is 10.6. The molecular formula is C13H23N3. The third kappa shape index (κ3) is 5.24. The zero-order valence-corrected chi connectivity index (χ0v) is 10.6. The van der Waals surface area contributed by atoms with Gasteiger partial charge in [-0.25, -0.2) is 0 Å². The molecule has 0 atom stereocenters. The maximum atomic E-state index is 6.00. The van der Waals surface area contributed by atoms with Gasteiger partial charge < -0.3 is 5.73 Å². The summed E-state index contributed by atoms with van der Waals surface area (Å²) in [5.74, 6) is 0. The monoisotopic (exact) mass is 221 g/mol. The molecule has 0 aliphatic heterocycles. The van der Waals surface area contributed by atoms with Gasteiger partial charge in [0.05, 0.1) is 0 Å². The molecule has 1 rings (SSSR count). The Kier molecular flexibility index (Phi) is 4.90. The number of hydrogen-bond donors (Lipinski definition) is 1. The molecule has 0 aromatic carbocycles. The first-order valence-corrected chi connectivity index (χ1v) is 5.91. The maximum Gasteiger partial charge on any atom is 0.0271 e. The molecule has 1 aromatic heterocycles. The van der Waals surface area contributed by atoms with Crippen LogP contribution in [0.3, 0.4) is 0 Å². The van der Waals surface area contributed by atoms with E-state index >= 15 is 0 Å². The lowest BCUT2D eigenvalue weighted by atomic mass is 10.0. The fourth-order valence-corrected chi connectivity index (χ4v) is 1.54. The van der Waals surface area contributed by atoms with E-state index in [0.29, 0.717) is 0 Å². The summed E-state index contributed by atoms with van der Waals surface area (Å²) in [5.41, 5.74) is 7.23. The molecule has 0 radical (unpaired) electrons. The summed E-state index contributed by atoms with van der Waals surface area (Å²) in [6, 6.07) is 4.13. The highest BCUT2D eigenvalue weighted by Crippen LogP contribution is 2.08. The van der Waals surface area contributed by atoms with Crippen molar-refractivity contribution in [3.8, 4) is 0 Å². The van der Waals surface area contributed by atoms with Crippen molar-refractivity contribution in [1.82, 2.24) is 9.88 Å². The number of nitrogens with two attached hydrogens (primary N) is 1. The highest BCUT2D eigenvalue weighted by Gasteiger charge is 2.12. The van der Waals surface area contributed by atoms with Gasteiger partial charge in [-0.1, -0.05) is 6.92 Å². The Hall–Kier alpha value is -0.930. The number of rotatable bonds is 6. The molecule has 1 heterocycles. The first-order valence-electron chi connectivity index (χ1n) is 5.91. The quantitative estimate of drug-likeness (QED) is 0.799. The van der Waals surface area contributed by atoms with Crippen LogP contribution in [0.15, 0.2) is 24.5 Å². The van der Waals surface area contributed by atoms with E-state index in [1.165, 1.54) is 5.56 Å². The average Bonchev–Trinajstić information content (AvgIpc) is 2.24. The van der Waals surface area contributed by atoms with Crippen LogP contribution < -0.4 is 5.73 Å². The van der Waals surface area contributed by atoms with E-state index in [0.717, 1.165) is 26.1 Å². The van der Waals surface area contributed by atoms with Gasteiger partial charge in [0.15, 0.2) is 0 Å². The average molecular weight is 221 g/mol. The molecule has 0 bridgehead atoms. The van der Waals surface area contributed by atoms with Crippen LogP contribution in [-0.4, -0.2) is 28.5 Å². The number of pyridine rings is 1. The highest BCUT2D eigenvalue weighted by molar-refractivity contribution is 5.09. The largest absolute Gasteiger partial charge is 0.326 e. The van der Waals surface area contributed by atoms with E-state index in [-0.39, 0.29) is 5.54 Å². The number of hydrogen-bond acceptors (Lipinski definition) is 3. The first-order chi connectivity index (χ1) is 7.51. The number of nitrogens with zero attached hydrogens (tertiary/aromatic N) is 2. The van der Waals surface area contributed by atoms with E-state index in [1.807, 2.05) is 12.4 Å². The summed E-state index contributed by atoms with van der Waals surface area (Å²) in [6.07, 6.45) is 4.71. The molecule has 0 saturated heterocycles. The predicted molar refractivity (Wildman–Crippen MR) is 68.1 cm³/mol. The summed E-state index contributed by atoms with van der Waals surface area (Å²) in [6.45, 7) is 9.42. The van der Waals surface area contributed by atoms with E-state index in [2.05, 4.69) is 42.8 Å². The molecule has 0 spiro atoms. The van der Waals surface area contributed by atoms with Gasteiger partial charge in [0.25, 0.3) is 0 Å². The topological polar surface area (TPSA) is 42.1 Å². The first kappa shape index (κ1) is 13.1. The normalized spacial score (nSPS) is 12.1. The van der Waals surface area contributed by atoms with Crippen molar-refractivity contribution in [2.45, 2.75) is 39.3 Å². The smallest absolute Gasteiger partial charge is 0.0271 e. The Labute approximate surface area is 98.7 Å². The molecule has 0 unspecified atom stereocenters. The summed E-state index contributed by atoms with van der Waals surface area (Å²) >= 11 is 0. The van der Waals surface area contributed by atoms with Crippen LogP contribution in [0.5, 0.6) is 0 Å².